The monoisotopic (exact) mass is 396 g/mol. The number of nitrogens with zero attached hydrogens (tertiary/aromatic N) is 2. The number of methoxy groups -OCH3 is 1. The number of aromatic nitrogens is 1. The molecule has 2 N–H and O–H groups in total. The third-order valence-corrected chi connectivity index (χ3v) is 5.13. The van der Waals surface area contributed by atoms with Crippen molar-refractivity contribution in [2.24, 2.45) is 0 Å². The number of anilines is 1. The number of pyridine rings is 1. The van der Waals surface area contributed by atoms with Gasteiger partial charge in [-0.05, 0) is 42.0 Å². The maximum Gasteiger partial charge on any atom is 0.317 e. The van der Waals surface area contributed by atoms with Gasteiger partial charge in [-0.1, -0.05) is 30.3 Å². The lowest BCUT2D eigenvalue weighted by Gasteiger charge is -2.21. The van der Waals surface area contributed by atoms with E-state index < -0.39 is 0 Å². The third kappa shape index (κ3) is 5.94. The first kappa shape index (κ1) is 20.6. The Kier molecular flexibility index (Phi) is 7.44. The van der Waals surface area contributed by atoms with Crippen molar-refractivity contribution >= 4 is 17.8 Å². The van der Waals surface area contributed by atoms with Gasteiger partial charge in [-0.15, -0.1) is 0 Å². The van der Waals surface area contributed by atoms with Crippen LogP contribution in [-0.4, -0.2) is 48.6 Å². The summed E-state index contributed by atoms with van der Waals surface area (Å²) in [4.78, 5) is 30.5. The van der Waals surface area contributed by atoms with E-state index in [4.69, 9.17) is 4.74 Å². The molecule has 1 aromatic carbocycles. The van der Waals surface area contributed by atoms with E-state index in [1.807, 2.05) is 47.4 Å². The van der Waals surface area contributed by atoms with Gasteiger partial charge >= 0.3 is 12.0 Å². The number of ether oxygens (including phenoxy) is 1. The number of hydrogen-bond acceptors (Lipinski definition) is 5. The normalized spacial score (nSPS) is 15.8. The molecule has 2 heterocycles. The van der Waals surface area contributed by atoms with Crippen molar-refractivity contribution < 1.29 is 14.3 Å². The number of carbonyl (C=O) groups is 2. The van der Waals surface area contributed by atoms with Crippen LogP contribution in [0.4, 0.5) is 10.6 Å². The molecule has 2 amide bonds. The Hall–Kier alpha value is -3.09. The second kappa shape index (κ2) is 10.5. The van der Waals surface area contributed by atoms with Gasteiger partial charge in [0.2, 0.25) is 0 Å². The van der Waals surface area contributed by atoms with E-state index in [1.165, 1.54) is 7.11 Å². The van der Waals surface area contributed by atoms with Gasteiger partial charge in [0.25, 0.3) is 0 Å². The lowest BCUT2D eigenvalue weighted by molar-refractivity contribution is -0.141. The molecule has 1 aliphatic rings. The van der Waals surface area contributed by atoms with E-state index in [2.05, 4.69) is 15.6 Å². The summed E-state index contributed by atoms with van der Waals surface area (Å²) in [6.45, 7) is 2.48. The largest absolute Gasteiger partial charge is 0.469 e. The first-order valence-corrected chi connectivity index (χ1v) is 9.99. The van der Waals surface area contributed by atoms with Crippen LogP contribution in [0.1, 0.15) is 36.3 Å². The molecule has 3 rings (SSSR count). The van der Waals surface area contributed by atoms with Crippen LogP contribution in [-0.2, 0) is 16.1 Å². The van der Waals surface area contributed by atoms with Crippen LogP contribution in [0.2, 0.25) is 0 Å². The highest BCUT2D eigenvalue weighted by atomic mass is 16.5. The Morgan fingerprint density at radius 2 is 2.00 bits per heavy atom. The molecule has 1 atom stereocenters. The number of carbonyl (C=O) groups excluding carboxylic acids is 2. The Morgan fingerprint density at radius 3 is 2.79 bits per heavy atom. The minimum atomic E-state index is -0.219. The van der Waals surface area contributed by atoms with Crippen LogP contribution in [0, 0.1) is 0 Å². The van der Waals surface area contributed by atoms with E-state index in [0.29, 0.717) is 26.1 Å². The van der Waals surface area contributed by atoms with Gasteiger partial charge in [-0.2, -0.15) is 0 Å². The molecule has 0 radical (unpaired) electrons. The average Bonchev–Trinajstić information content (AvgIpc) is 2.94. The summed E-state index contributed by atoms with van der Waals surface area (Å²) in [5.41, 5.74) is 2.22. The number of benzene rings is 1. The molecule has 0 spiro atoms. The molecule has 1 unspecified atom stereocenters. The summed E-state index contributed by atoms with van der Waals surface area (Å²) in [6, 6.07) is 13.7. The topological polar surface area (TPSA) is 83.6 Å². The van der Waals surface area contributed by atoms with Crippen LogP contribution in [0.5, 0.6) is 0 Å². The molecule has 0 saturated heterocycles. The first-order chi connectivity index (χ1) is 14.2. The van der Waals surface area contributed by atoms with Gasteiger partial charge < -0.3 is 20.3 Å². The fourth-order valence-electron chi connectivity index (χ4n) is 3.58. The minimum Gasteiger partial charge on any atom is -0.469 e. The predicted molar refractivity (Wildman–Crippen MR) is 112 cm³/mol. The minimum absolute atomic E-state index is 0.0685. The SMILES string of the molecule is COC(=O)CC1CCN(C(=O)NCCCNc2ccccn2)Cc2ccccc21. The van der Waals surface area contributed by atoms with Crippen molar-refractivity contribution in [1.82, 2.24) is 15.2 Å². The van der Waals surface area contributed by atoms with Gasteiger partial charge in [-0.25, -0.2) is 9.78 Å². The van der Waals surface area contributed by atoms with Gasteiger partial charge in [0, 0.05) is 32.4 Å². The van der Waals surface area contributed by atoms with E-state index in [1.54, 1.807) is 6.20 Å². The van der Waals surface area contributed by atoms with Gasteiger partial charge in [0.1, 0.15) is 5.82 Å². The van der Waals surface area contributed by atoms with Crippen molar-refractivity contribution in [2.45, 2.75) is 31.7 Å². The maximum atomic E-state index is 12.7. The van der Waals surface area contributed by atoms with Crippen LogP contribution in [0.25, 0.3) is 0 Å². The smallest absolute Gasteiger partial charge is 0.317 e. The Labute approximate surface area is 171 Å². The molecule has 0 bridgehead atoms. The summed E-state index contributed by atoms with van der Waals surface area (Å²) >= 11 is 0. The number of rotatable bonds is 7. The Bertz CT molecular complexity index is 813. The summed E-state index contributed by atoms with van der Waals surface area (Å²) in [5.74, 6) is 0.682. The molecule has 0 aliphatic carbocycles. The molecule has 1 aliphatic heterocycles. The van der Waals surface area contributed by atoms with Gasteiger partial charge in [-0.3, -0.25) is 4.79 Å². The molecule has 29 heavy (non-hydrogen) atoms. The molecule has 2 aromatic rings. The van der Waals surface area contributed by atoms with Crippen molar-refractivity contribution in [2.75, 3.05) is 32.1 Å². The molecule has 154 valence electrons. The first-order valence-electron chi connectivity index (χ1n) is 9.99. The quantitative estimate of drug-likeness (QED) is 0.555. The number of urea groups is 1. The zero-order valence-corrected chi connectivity index (χ0v) is 16.8. The predicted octanol–water partition coefficient (Wildman–Crippen LogP) is 3.15. The zero-order chi connectivity index (χ0) is 20.5. The number of hydrogen-bond donors (Lipinski definition) is 2. The molecule has 1 aromatic heterocycles. The fourth-order valence-corrected chi connectivity index (χ4v) is 3.58. The third-order valence-electron chi connectivity index (χ3n) is 5.13. The van der Waals surface area contributed by atoms with E-state index >= 15 is 0 Å². The summed E-state index contributed by atoms with van der Waals surface area (Å²) < 4.78 is 4.85. The van der Waals surface area contributed by atoms with Crippen LogP contribution in [0.15, 0.2) is 48.7 Å². The fraction of sp³-hybridized carbons (Fsp3) is 0.409. The van der Waals surface area contributed by atoms with Crippen LogP contribution >= 0.6 is 0 Å². The number of fused-ring (bicyclic) bond motifs is 1. The summed E-state index contributed by atoms with van der Waals surface area (Å²) in [7, 11) is 1.41. The van der Waals surface area contributed by atoms with Gasteiger partial charge in [0.05, 0.1) is 13.5 Å². The van der Waals surface area contributed by atoms with Crippen molar-refractivity contribution in [1.29, 1.82) is 0 Å². The Balaban J connectivity index is 1.50. The second-order valence-electron chi connectivity index (χ2n) is 7.11. The molecular formula is C22H28N4O3. The highest BCUT2D eigenvalue weighted by Gasteiger charge is 2.26. The molecule has 7 heteroatoms. The van der Waals surface area contributed by atoms with Crippen molar-refractivity contribution in [3.05, 3.63) is 59.8 Å². The number of esters is 1. The summed E-state index contributed by atoms with van der Waals surface area (Å²) in [5, 5.41) is 6.23. The molecule has 7 nitrogen and oxygen atoms in total. The lowest BCUT2D eigenvalue weighted by Crippen LogP contribution is -2.40. The van der Waals surface area contributed by atoms with E-state index in [9.17, 15) is 9.59 Å². The maximum absolute atomic E-state index is 12.7. The molecule has 0 fully saturated rings. The zero-order valence-electron chi connectivity index (χ0n) is 16.8. The number of nitrogens with one attached hydrogen (secondary N) is 2. The highest BCUT2D eigenvalue weighted by molar-refractivity contribution is 5.74. The van der Waals surface area contributed by atoms with Crippen molar-refractivity contribution in [3.63, 3.8) is 0 Å². The van der Waals surface area contributed by atoms with Crippen molar-refractivity contribution in [3.8, 4) is 0 Å². The second-order valence-corrected chi connectivity index (χ2v) is 7.11. The number of amides is 2. The van der Waals surface area contributed by atoms with E-state index in [0.717, 1.165) is 36.3 Å². The Morgan fingerprint density at radius 1 is 1.17 bits per heavy atom. The lowest BCUT2D eigenvalue weighted by atomic mass is 9.90. The highest BCUT2D eigenvalue weighted by Crippen LogP contribution is 2.31. The van der Waals surface area contributed by atoms with Gasteiger partial charge in [0.15, 0.2) is 0 Å². The standard InChI is InChI=1S/C22H28N4O3/c1-29-21(27)15-17-10-14-26(16-18-7-2-3-8-19(17)18)22(28)25-13-6-12-24-20-9-4-5-11-23-20/h2-5,7-9,11,17H,6,10,12-16H2,1H3,(H,23,24)(H,25,28). The summed E-state index contributed by atoms with van der Waals surface area (Å²) in [6.07, 6.45) is 3.62. The molecular weight excluding hydrogens is 368 g/mol. The van der Waals surface area contributed by atoms with Crippen LogP contribution < -0.4 is 10.6 Å². The van der Waals surface area contributed by atoms with E-state index in [-0.39, 0.29) is 17.9 Å². The van der Waals surface area contributed by atoms with Crippen LogP contribution in [0.3, 0.4) is 0 Å². The average molecular weight is 396 g/mol. The molecule has 0 saturated carbocycles.